The van der Waals surface area contributed by atoms with Crippen molar-refractivity contribution < 1.29 is 53.0 Å². The first-order valence-corrected chi connectivity index (χ1v) is 19.4. The molecule has 1 aliphatic heterocycles. The molecule has 1 heterocycles. The van der Waals surface area contributed by atoms with E-state index in [0.717, 1.165) is 43.6 Å². The van der Waals surface area contributed by atoms with Gasteiger partial charge in [0, 0.05) is 59.1 Å². The zero-order valence-electron chi connectivity index (χ0n) is 32.3. The van der Waals surface area contributed by atoms with Gasteiger partial charge in [-0.25, -0.2) is 9.59 Å². The minimum Gasteiger partial charge on any atom is -0.388 e. The Balaban J connectivity index is 2.37. The Kier molecular flexibility index (Phi) is 28.0. The summed E-state index contributed by atoms with van der Waals surface area (Å²) in [7, 11) is 1.32. The van der Waals surface area contributed by atoms with Gasteiger partial charge in [-0.05, 0) is 51.4 Å². The van der Waals surface area contributed by atoms with E-state index in [1.54, 1.807) is 0 Å². The predicted octanol–water partition coefficient (Wildman–Crippen LogP) is 1.05. The lowest BCUT2D eigenvalue weighted by Gasteiger charge is -2.27. The van der Waals surface area contributed by atoms with E-state index in [1.165, 1.54) is 11.9 Å². The molecule has 0 aromatic carbocycles. The van der Waals surface area contributed by atoms with Crippen LogP contribution in [0.1, 0.15) is 110 Å². The molecule has 1 rings (SSSR count). The number of unbranched alkanes of at least 4 members (excludes halogenated alkanes) is 7. The molecule has 0 aromatic rings. The number of nitrogens with one attached hydrogen (secondary N) is 4. The molecule has 17 nitrogen and oxygen atoms in total. The molecule has 0 bridgehead atoms. The van der Waals surface area contributed by atoms with Gasteiger partial charge in [0.15, 0.2) is 6.29 Å². The molecular weight excluding hydrogens is 704 g/mol. The van der Waals surface area contributed by atoms with E-state index in [4.69, 9.17) is 14.3 Å². The number of aliphatic hydroxyl groups is 1. The summed E-state index contributed by atoms with van der Waals surface area (Å²) in [4.78, 5) is 90.0. The number of aldehydes is 1. The molecule has 2 unspecified atom stereocenters. The van der Waals surface area contributed by atoms with Gasteiger partial charge < -0.3 is 45.5 Å². The van der Waals surface area contributed by atoms with E-state index in [0.29, 0.717) is 89.7 Å². The first kappa shape index (κ1) is 48.1. The van der Waals surface area contributed by atoms with Crippen LogP contribution >= 0.6 is 0 Å². The number of amides is 4. The van der Waals surface area contributed by atoms with Crippen molar-refractivity contribution in [1.29, 1.82) is 0 Å². The van der Waals surface area contributed by atoms with Crippen LogP contribution in [-0.4, -0.2) is 135 Å². The van der Waals surface area contributed by atoms with Crippen LogP contribution in [0, 0.1) is 0 Å². The molecule has 0 aliphatic carbocycles. The van der Waals surface area contributed by atoms with Crippen LogP contribution < -0.4 is 21.3 Å². The van der Waals surface area contributed by atoms with Gasteiger partial charge in [0.1, 0.15) is 18.3 Å². The number of nitrogens with zero attached hydrogens (tertiary/aromatic N) is 2. The van der Waals surface area contributed by atoms with Crippen LogP contribution in [0.3, 0.4) is 0 Å². The summed E-state index contributed by atoms with van der Waals surface area (Å²) < 4.78 is 10.9. The highest BCUT2D eigenvalue weighted by molar-refractivity contribution is 5.84. The first-order chi connectivity index (χ1) is 26.1. The Morgan fingerprint density at radius 1 is 0.796 bits per heavy atom. The molecule has 17 heteroatoms. The second-order valence-electron chi connectivity index (χ2n) is 13.3. The number of aliphatic hydroxyl groups excluding tert-OH is 1. The highest BCUT2D eigenvalue weighted by atomic mass is 16.7. The van der Waals surface area contributed by atoms with Crippen molar-refractivity contribution in [1.82, 2.24) is 31.2 Å². The van der Waals surface area contributed by atoms with Crippen molar-refractivity contribution in [3.8, 4) is 0 Å². The van der Waals surface area contributed by atoms with E-state index >= 15 is 0 Å². The Bertz CT molecular complexity index is 1170. The van der Waals surface area contributed by atoms with Gasteiger partial charge in [-0.1, -0.05) is 39.0 Å². The highest BCUT2D eigenvalue weighted by Crippen LogP contribution is 2.14. The van der Waals surface area contributed by atoms with Gasteiger partial charge in [0.25, 0.3) is 5.91 Å². The minimum atomic E-state index is -0.649. The summed E-state index contributed by atoms with van der Waals surface area (Å²) in [6, 6.07) is 0. The zero-order valence-corrected chi connectivity index (χ0v) is 32.3. The third kappa shape index (κ3) is 25.2. The topological polar surface area (TPSA) is 222 Å². The maximum absolute atomic E-state index is 12.8. The number of carbonyl (C=O) groups excluding carboxylic acids is 7. The van der Waals surface area contributed by atoms with Crippen molar-refractivity contribution in [2.75, 3.05) is 66.1 Å². The van der Waals surface area contributed by atoms with Crippen molar-refractivity contribution in [2.45, 2.75) is 122 Å². The molecule has 54 heavy (non-hydrogen) atoms. The van der Waals surface area contributed by atoms with E-state index < -0.39 is 24.3 Å². The lowest BCUT2D eigenvalue weighted by Crippen LogP contribution is -2.47. The van der Waals surface area contributed by atoms with Gasteiger partial charge >= 0.3 is 5.97 Å². The number of hydrogen-bond donors (Lipinski definition) is 5. The van der Waals surface area contributed by atoms with Crippen molar-refractivity contribution in [2.24, 2.45) is 0 Å². The third-order valence-corrected chi connectivity index (χ3v) is 8.41. The number of rotatable bonds is 31. The minimum absolute atomic E-state index is 0.0374. The molecule has 0 aromatic heterocycles. The van der Waals surface area contributed by atoms with E-state index in [9.17, 15) is 38.7 Å². The van der Waals surface area contributed by atoms with Gasteiger partial charge in [-0.15, -0.1) is 0 Å². The van der Waals surface area contributed by atoms with E-state index in [2.05, 4.69) is 28.2 Å². The summed E-state index contributed by atoms with van der Waals surface area (Å²) in [6.45, 7) is 4.16. The van der Waals surface area contributed by atoms with Gasteiger partial charge in [0.05, 0.1) is 31.9 Å². The average Bonchev–Trinajstić information content (AvgIpc) is 3.14. The number of ether oxygens (including phenoxy) is 2. The Morgan fingerprint density at radius 2 is 1.37 bits per heavy atom. The number of hydrogen-bond acceptors (Lipinski definition) is 13. The fraction of sp³-hybridized carbons (Fsp3) is 0.784. The Hall–Kier alpha value is -3.89. The van der Waals surface area contributed by atoms with Crippen molar-refractivity contribution in [3.05, 3.63) is 5.70 Å². The van der Waals surface area contributed by atoms with Crippen molar-refractivity contribution in [3.63, 3.8) is 0 Å². The Morgan fingerprint density at radius 3 is 1.91 bits per heavy atom. The molecule has 1 aliphatic rings. The molecule has 308 valence electrons. The normalized spacial score (nSPS) is 15.1. The second kappa shape index (κ2) is 31.5. The SMILES string of the molecule is CCCCCCNC(=O)CN(CC(=O)NCCCCCC(=O)ON(C)C(=O)CCC=O)CC(=O)NCCCCCC(=C=O)NCCOC1OCCCC1O. The smallest absolute Gasteiger partial charge is 0.332 e. The number of hydroxylamine groups is 2. The molecule has 5 N–H and O–H groups in total. The Labute approximate surface area is 319 Å². The molecule has 4 amide bonds. The highest BCUT2D eigenvalue weighted by Gasteiger charge is 2.24. The van der Waals surface area contributed by atoms with Crippen LogP contribution in [0.2, 0.25) is 0 Å². The lowest BCUT2D eigenvalue weighted by molar-refractivity contribution is -0.213. The summed E-state index contributed by atoms with van der Waals surface area (Å²) in [5.41, 5.74) is 0.427. The van der Waals surface area contributed by atoms with Gasteiger partial charge in [0.2, 0.25) is 17.7 Å². The maximum Gasteiger partial charge on any atom is 0.332 e. The third-order valence-electron chi connectivity index (χ3n) is 8.41. The quantitative estimate of drug-likeness (QED) is 0.0289. The fourth-order valence-electron chi connectivity index (χ4n) is 5.39. The molecule has 1 fully saturated rings. The van der Waals surface area contributed by atoms with E-state index in [-0.39, 0.29) is 63.2 Å². The zero-order chi connectivity index (χ0) is 39.8. The predicted molar refractivity (Wildman–Crippen MR) is 199 cm³/mol. The fourth-order valence-corrected chi connectivity index (χ4v) is 5.39. The number of carbonyl (C=O) groups is 6. The molecule has 2 atom stereocenters. The summed E-state index contributed by atoms with van der Waals surface area (Å²) in [5, 5.41) is 22.2. The molecule has 0 saturated carbocycles. The largest absolute Gasteiger partial charge is 0.388 e. The van der Waals surface area contributed by atoms with Crippen LogP contribution in [0.4, 0.5) is 0 Å². The summed E-state index contributed by atoms with van der Waals surface area (Å²) >= 11 is 0. The maximum atomic E-state index is 12.8. The lowest BCUT2D eigenvalue weighted by atomic mass is 10.1. The van der Waals surface area contributed by atoms with Crippen LogP contribution in [0.25, 0.3) is 0 Å². The van der Waals surface area contributed by atoms with Crippen LogP contribution in [0.5, 0.6) is 0 Å². The summed E-state index contributed by atoms with van der Waals surface area (Å²) in [6.07, 6.45) is 9.17. The van der Waals surface area contributed by atoms with Crippen LogP contribution in [0.15, 0.2) is 5.70 Å². The standard InChI is InChI=1S/C37H64N6O11/c1-3-4-5-10-19-39-32(47)26-43(28-34(49)41-21-12-7-9-18-36(51)54-42(2)35(50)17-13-23-44)27-33(48)40-20-11-6-8-15-30(29-45)38-22-25-53-37-31(46)16-14-24-52-37/h23,31,37-38,46H,3-22,24-28H2,1-2H3,(H,39,47)(H,40,48)(H,41,49). The molecule has 0 spiro atoms. The molecule has 0 radical (unpaired) electrons. The number of allylic oxidation sites excluding steroid dienone is 1. The van der Waals surface area contributed by atoms with Gasteiger partial charge in [-0.3, -0.25) is 24.1 Å². The van der Waals surface area contributed by atoms with E-state index in [1.807, 2.05) is 5.94 Å². The molecule has 1 saturated heterocycles. The second-order valence-corrected chi connectivity index (χ2v) is 13.3. The average molecular weight is 769 g/mol. The monoisotopic (exact) mass is 768 g/mol. The van der Waals surface area contributed by atoms with Crippen LogP contribution in [-0.2, 0) is 47.9 Å². The molecular formula is C37H64N6O11. The van der Waals surface area contributed by atoms with Crippen molar-refractivity contribution >= 4 is 41.8 Å². The van der Waals surface area contributed by atoms with Gasteiger partial charge in [-0.2, -0.15) is 5.06 Å². The first-order valence-electron chi connectivity index (χ1n) is 19.4. The summed E-state index contributed by atoms with van der Waals surface area (Å²) in [5.74, 6) is -0.0469.